The molecule has 1 N–H and O–H groups in total. The smallest absolute Gasteiger partial charge is 0.0542 e. The van der Waals surface area contributed by atoms with Crippen LogP contribution >= 0.6 is 0 Å². The fourth-order valence-corrected chi connectivity index (χ4v) is 2.42. The number of nitrogens with one attached hydrogen (secondary N) is 1. The average Bonchev–Trinajstić information content (AvgIpc) is 2.29. The first-order valence-corrected chi connectivity index (χ1v) is 6.35. The summed E-state index contributed by atoms with van der Waals surface area (Å²) in [4.78, 5) is 4.43. The summed E-state index contributed by atoms with van der Waals surface area (Å²) in [5.41, 5.74) is 2.72. The number of aromatic nitrogens is 1. The Hall–Kier alpha value is -0.890. The minimum Gasteiger partial charge on any atom is -0.306 e. The van der Waals surface area contributed by atoms with Crippen molar-refractivity contribution in [3.05, 3.63) is 29.6 Å². The van der Waals surface area contributed by atoms with Crippen LogP contribution in [0.3, 0.4) is 0 Å². The zero-order valence-corrected chi connectivity index (χ0v) is 10.4. The third-order valence-corrected chi connectivity index (χ3v) is 3.63. The zero-order chi connectivity index (χ0) is 11.4. The molecule has 0 bridgehead atoms. The minimum atomic E-state index is 0.338. The Morgan fingerprint density at radius 1 is 1.25 bits per heavy atom. The van der Waals surface area contributed by atoms with Crippen LogP contribution in [0, 0.1) is 6.92 Å². The van der Waals surface area contributed by atoms with Gasteiger partial charge in [-0.1, -0.05) is 25.3 Å². The molecule has 1 fully saturated rings. The normalized spacial score (nSPS) is 19.6. The summed E-state index contributed by atoms with van der Waals surface area (Å²) in [6, 6.07) is 4.25. The second-order valence-electron chi connectivity index (χ2n) is 5.30. The molecule has 1 saturated carbocycles. The maximum absolute atomic E-state index is 4.43. The SMILES string of the molecule is Cc1ccc(CNC2(C)CCCCC2)nc1. The lowest BCUT2D eigenvalue weighted by Crippen LogP contribution is -2.43. The van der Waals surface area contributed by atoms with E-state index in [1.54, 1.807) is 0 Å². The van der Waals surface area contributed by atoms with Crippen molar-refractivity contribution >= 4 is 0 Å². The molecule has 1 aliphatic rings. The second-order valence-corrected chi connectivity index (χ2v) is 5.30. The summed E-state index contributed by atoms with van der Waals surface area (Å²) >= 11 is 0. The van der Waals surface area contributed by atoms with Crippen molar-refractivity contribution in [1.29, 1.82) is 0 Å². The van der Waals surface area contributed by atoms with E-state index in [9.17, 15) is 0 Å². The Kier molecular flexibility index (Phi) is 3.59. The van der Waals surface area contributed by atoms with Crippen molar-refractivity contribution in [2.45, 2.75) is 58.0 Å². The molecule has 88 valence electrons. The van der Waals surface area contributed by atoms with Gasteiger partial charge in [0.1, 0.15) is 0 Å². The van der Waals surface area contributed by atoms with E-state index in [1.165, 1.54) is 37.7 Å². The van der Waals surface area contributed by atoms with Gasteiger partial charge in [-0.2, -0.15) is 0 Å². The van der Waals surface area contributed by atoms with E-state index < -0.39 is 0 Å². The molecule has 0 aliphatic heterocycles. The molecule has 2 heteroatoms. The first-order valence-electron chi connectivity index (χ1n) is 6.35. The van der Waals surface area contributed by atoms with E-state index in [0.717, 1.165) is 12.2 Å². The summed E-state index contributed by atoms with van der Waals surface area (Å²) < 4.78 is 0. The quantitative estimate of drug-likeness (QED) is 0.842. The van der Waals surface area contributed by atoms with Crippen LogP contribution in [0.1, 0.15) is 50.3 Å². The molecule has 0 radical (unpaired) electrons. The average molecular weight is 218 g/mol. The van der Waals surface area contributed by atoms with Gasteiger partial charge < -0.3 is 5.32 Å². The van der Waals surface area contributed by atoms with Gasteiger partial charge in [-0.25, -0.2) is 0 Å². The highest BCUT2D eigenvalue weighted by atomic mass is 15.0. The van der Waals surface area contributed by atoms with E-state index in [2.05, 4.69) is 36.3 Å². The molecule has 1 aliphatic carbocycles. The van der Waals surface area contributed by atoms with Crippen LogP contribution in [0.2, 0.25) is 0 Å². The molecule has 0 amide bonds. The molecule has 1 heterocycles. The molecule has 1 aromatic rings. The van der Waals surface area contributed by atoms with Gasteiger partial charge in [-0.3, -0.25) is 4.98 Å². The Labute approximate surface area is 98.5 Å². The predicted octanol–water partition coefficient (Wildman–Crippen LogP) is 3.20. The number of hydrogen-bond donors (Lipinski definition) is 1. The van der Waals surface area contributed by atoms with Gasteiger partial charge in [0.15, 0.2) is 0 Å². The van der Waals surface area contributed by atoms with Gasteiger partial charge in [0.05, 0.1) is 5.69 Å². The zero-order valence-electron chi connectivity index (χ0n) is 10.4. The van der Waals surface area contributed by atoms with Crippen molar-refractivity contribution in [3.63, 3.8) is 0 Å². The molecule has 1 aromatic heterocycles. The summed E-state index contributed by atoms with van der Waals surface area (Å²) in [5.74, 6) is 0. The van der Waals surface area contributed by atoms with Gasteiger partial charge in [-0.15, -0.1) is 0 Å². The number of hydrogen-bond acceptors (Lipinski definition) is 2. The van der Waals surface area contributed by atoms with Crippen LogP contribution < -0.4 is 5.32 Å². The molecule has 16 heavy (non-hydrogen) atoms. The third-order valence-electron chi connectivity index (χ3n) is 3.63. The van der Waals surface area contributed by atoms with E-state index in [4.69, 9.17) is 0 Å². The van der Waals surface area contributed by atoms with Crippen LogP contribution in [0.15, 0.2) is 18.3 Å². The summed E-state index contributed by atoms with van der Waals surface area (Å²) in [6.07, 6.45) is 8.69. The first kappa shape index (κ1) is 11.6. The standard InChI is InChI=1S/C14H22N2/c1-12-6-7-13(15-10-12)11-16-14(2)8-4-3-5-9-14/h6-7,10,16H,3-5,8-9,11H2,1-2H3. The molecule has 2 nitrogen and oxygen atoms in total. The molecular formula is C14H22N2. The fourth-order valence-electron chi connectivity index (χ4n) is 2.42. The maximum atomic E-state index is 4.43. The van der Waals surface area contributed by atoms with Crippen LogP contribution in [-0.2, 0) is 6.54 Å². The minimum absolute atomic E-state index is 0.338. The highest BCUT2D eigenvalue weighted by Gasteiger charge is 2.25. The van der Waals surface area contributed by atoms with E-state index in [-0.39, 0.29) is 0 Å². The van der Waals surface area contributed by atoms with Crippen LogP contribution in [0.25, 0.3) is 0 Å². The van der Waals surface area contributed by atoms with Crippen molar-refractivity contribution in [2.24, 2.45) is 0 Å². The van der Waals surface area contributed by atoms with Crippen molar-refractivity contribution in [3.8, 4) is 0 Å². The lowest BCUT2D eigenvalue weighted by molar-refractivity contribution is 0.251. The monoisotopic (exact) mass is 218 g/mol. The van der Waals surface area contributed by atoms with Crippen LogP contribution in [0.4, 0.5) is 0 Å². The topological polar surface area (TPSA) is 24.9 Å². The number of nitrogens with zero attached hydrogens (tertiary/aromatic N) is 1. The highest BCUT2D eigenvalue weighted by molar-refractivity contribution is 5.12. The van der Waals surface area contributed by atoms with Gasteiger partial charge in [0.25, 0.3) is 0 Å². The van der Waals surface area contributed by atoms with E-state index in [0.29, 0.717) is 5.54 Å². The van der Waals surface area contributed by atoms with Gasteiger partial charge >= 0.3 is 0 Å². The molecule has 2 rings (SSSR count). The maximum Gasteiger partial charge on any atom is 0.0542 e. The predicted molar refractivity (Wildman–Crippen MR) is 67.3 cm³/mol. The van der Waals surface area contributed by atoms with E-state index in [1.807, 2.05) is 6.20 Å². The Balaban J connectivity index is 1.88. The number of aryl methyl sites for hydroxylation is 1. The van der Waals surface area contributed by atoms with Gasteiger partial charge in [-0.05, 0) is 38.3 Å². The lowest BCUT2D eigenvalue weighted by atomic mass is 9.83. The lowest BCUT2D eigenvalue weighted by Gasteiger charge is -2.34. The third kappa shape index (κ3) is 3.05. The number of pyridine rings is 1. The molecular weight excluding hydrogens is 196 g/mol. The van der Waals surface area contributed by atoms with Gasteiger partial charge in [0.2, 0.25) is 0 Å². The second kappa shape index (κ2) is 4.96. The molecule has 0 atom stereocenters. The van der Waals surface area contributed by atoms with Crippen LogP contribution in [-0.4, -0.2) is 10.5 Å². The Morgan fingerprint density at radius 2 is 2.00 bits per heavy atom. The Bertz CT molecular complexity index is 323. The number of rotatable bonds is 3. The summed E-state index contributed by atoms with van der Waals surface area (Å²) in [5, 5.41) is 3.67. The van der Waals surface area contributed by atoms with Crippen molar-refractivity contribution in [1.82, 2.24) is 10.3 Å². The molecule has 0 unspecified atom stereocenters. The van der Waals surface area contributed by atoms with Crippen LogP contribution in [0.5, 0.6) is 0 Å². The van der Waals surface area contributed by atoms with E-state index >= 15 is 0 Å². The molecule has 0 saturated heterocycles. The highest BCUT2D eigenvalue weighted by Crippen LogP contribution is 2.27. The van der Waals surface area contributed by atoms with Crippen molar-refractivity contribution < 1.29 is 0 Å². The van der Waals surface area contributed by atoms with Crippen molar-refractivity contribution in [2.75, 3.05) is 0 Å². The Morgan fingerprint density at radius 3 is 2.62 bits per heavy atom. The molecule has 0 aromatic carbocycles. The molecule has 0 spiro atoms. The summed E-state index contributed by atoms with van der Waals surface area (Å²) in [6.45, 7) is 5.32. The first-order chi connectivity index (χ1) is 7.68. The summed E-state index contributed by atoms with van der Waals surface area (Å²) in [7, 11) is 0. The largest absolute Gasteiger partial charge is 0.306 e. The fraction of sp³-hybridized carbons (Fsp3) is 0.643. The van der Waals surface area contributed by atoms with Gasteiger partial charge in [0, 0.05) is 18.3 Å².